The van der Waals surface area contributed by atoms with Gasteiger partial charge in [0.1, 0.15) is 23.8 Å². The fraction of sp³-hybridized carbons (Fsp3) is 0.500. The zero-order valence-corrected chi connectivity index (χ0v) is 20.1. The molecule has 35 heavy (non-hydrogen) atoms. The summed E-state index contributed by atoms with van der Waals surface area (Å²) in [5.41, 5.74) is 4.16. The SMILES string of the molecule is CC(=O)Nc1cc2c(-c3cc(OC[C@H]4CCCO4)c4c(n3)C3(CCOC3)OCC4)cn(C)c2cn1. The molecule has 0 radical (unpaired) electrons. The summed E-state index contributed by atoms with van der Waals surface area (Å²) in [5.74, 6) is 1.18. The van der Waals surface area contributed by atoms with E-state index < -0.39 is 5.60 Å². The Morgan fingerprint density at radius 2 is 2.23 bits per heavy atom. The Morgan fingerprint density at radius 1 is 1.31 bits per heavy atom. The summed E-state index contributed by atoms with van der Waals surface area (Å²) < 4.78 is 26.3. The second kappa shape index (κ2) is 8.89. The summed E-state index contributed by atoms with van der Waals surface area (Å²) in [5, 5.41) is 3.74. The van der Waals surface area contributed by atoms with Crippen molar-refractivity contribution in [1.29, 1.82) is 0 Å². The van der Waals surface area contributed by atoms with Gasteiger partial charge in [0.05, 0.1) is 42.4 Å². The number of ether oxygens (including phenoxy) is 4. The number of nitrogens with one attached hydrogen (secondary N) is 1. The minimum absolute atomic E-state index is 0.120. The maximum absolute atomic E-state index is 11.6. The number of hydrogen-bond donors (Lipinski definition) is 1. The summed E-state index contributed by atoms with van der Waals surface area (Å²) >= 11 is 0. The topological polar surface area (TPSA) is 96.7 Å². The second-order valence-electron chi connectivity index (χ2n) is 9.60. The first-order valence-corrected chi connectivity index (χ1v) is 12.3. The van der Waals surface area contributed by atoms with Crippen molar-refractivity contribution in [3.05, 3.63) is 35.8 Å². The van der Waals surface area contributed by atoms with Gasteiger partial charge in [-0.2, -0.15) is 0 Å². The van der Waals surface area contributed by atoms with Crippen molar-refractivity contribution in [2.24, 2.45) is 7.05 Å². The Labute approximate surface area is 203 Å². The zero-order valence-electron chi connectivity index (χ0n) is 20.1. The Bertz CT molecular complexity index is 1270. The van der Waals surface area contributed by atoms with Crippen molar-refractivity contribution in [3.8, 4) is 17.0 Å². The van der Waals surface area contributed by atoms with Crippen LogP contribution in [0.4, 0.5) is 5.82 Å². The molecule has 3 aromatic rings. The lowest BCUT2D eigenvalue weighted by atomic mass is 9.89. The number of pyridine rings is 2. The summed E-state index contributed by atoms with van der Waals surface area (Å²) in [7, 11) is 1.98. The minimum atomic E-state index is -0.543. The highest BCUT2D eigenvalue weighted by atomic mass is 16.6. The average Bonchev–Trinajstić information content (AvgIpc) is 3.59. The minimum Gasteiger partial charge on any atom is -0.490 e. The highest BCUT2D eigenvalue weighted by Gasteiger charge is 2.44. The van der Waals surface area contributed by atoms with Crippen LogP contribution in [0.15, 0.2) is 24.5 Å². The van der Waals surface area contributed by atoms with Gasteiger partial charge in [0.2, 0.25) is 5.91 Å². The third-order valence-corrected chi connectivity index (χ3v) is 7.14. The van der Waals surface area contributed by atoms with Crippen molar-refractivity contribution >= 4 is 22.6 Å². The molecule has 3 aliphatic rings. The third-order valence-electron chi connectivity index (χ3n) is 7.14. The summed E-state index contributed by atoms with van der Waals surface area (Å²) in [6.45, 7) is 4.55. The average molecular weight is 479 g/mol. The van der Waals surface area contributed by atoms with Crippen LogP contribution in [-0.4, -0.2) is 59.6 Å². The number of carbonyl (C=O) groups is 1. The molecule has 1 N–H and O–H groups in total. The molecule has 3 aliphatic heterocycles. The van der Waals surface area contributed by atoms with Crippen molar-refractivity contribution in [1.82, 2.24) is 14.5 Å². The molecule has 0 saturated carbocycles. The van der Waals surface area contributed by atoms with E-state index in [9.17, 15) is 4.79 Å². The van der Waals surface area contributed by atoms with Crippen molar-refractivity contribution in [3.63, 3.8) is 0 Å². The smallest absolute Gasteiger partial charge is 0.222 e. The van der Waals surface area contributed by atoms with E-state index in [4.69, 9.17) is 23.9 Å². The number of aryl methyl sites for hydroxylation is 1. The summed E-state index contributed by atoms with van der Waals surface area (Å²) in [4.78, 5) is 21.2. The van der Waals surface area contributed by atoms with Crippen molar-refractivity contribution in [2.45, 2.75) is 44.3 Å². The van der Waals surface area contributed by atoms with Gasteiger partial charge < -0.3 is 28.8 Å². The van der Waals surface area contributed by atoms with E-state index in [-0.39, 0.29) is 12.0 Å². The first-order valence-electron chi connectivity index (χ1n) is 12.3. The highest BCUT2D eigenvalue weighted by molar-refractivity contribution is 5.98. The van der Waals surface area contributed by atoms with Crippen LogP contribution in [0.2, 0.25) is 0 Å². The van der Waals surface area contributed by atoms with Gasteiger partial charge >= 0.3 is 0 Å². The number of aromatic nitrogens is 3. The monoisotopic (exact) mass is 478 g/mol. The van der Waals surface area contributed by atoms with E-state index in [2.05, 4.69) is 10.3 Å². The van der Waals surface area contributed by atoms with Crippen molar-refractivity contribution in [2.75, 3.05) is 38.4 Å². The van der Waals surface area contributed by atoms with Gasteiger partial charge in [0, 0.05) is 68.8 Å². The van der Waals surface area contributed by atoms with Gasteiger partial charge in [0.15, 0.2) is 0 Å². The third kappa shape index (κ3) is 4.07. The van der Waals surface area contributed by atoms with Crippen LogP contribution in [0.5, 0.6) is 5.75 Å². The van der Waals surface area contributed by atoms with E-state index >= 15 is 0 Å². The van der Waals surface area contributed by atoms with Gasteiger partial charge in [-0.15, -0.1) is 0 Å². The molecule has 6 rings (SSSR count). The standard InChI is InChI=1S/C26H30N4O5/c1-16(31)28-24-10-19-20(13-30(2)22(19)12-27-24)21-11-23(34-14-17-4-3-7-33-17)18-5-8-35-26(25(18)29-21)6-9-32-15-26/h10-13,17H,3-9,14-15H2,1-2H3,(H,27,28,31)/t17-,26?/m1/s1. The number of anilines is 1. The first-order chi connectivity index (χ1) is 17.0. The lowest BCUT2D eigenvalue weighted by Gasteiger charge is -2.34. The summed E-state index contributed by atoms with van der Waals surface area (Å²) in [6.07, 6.45) is 7.54. The van der Waals surface area contributed by atoms with Gasteiger partial charge in [0.25, 0.3) is 0 Å². The largest absolute Gasteiger partial charge is 0.490 e. The van der Waals surface area contributed by atoms with Crippen molar-refractivity contribution < 1.29 is 23.7 Å². The maximum atomic E-state index is 11.6. The molecule has 1 unspecified atom stereocenters. The molecule has 0 aliphatic carbocycles. The highest BCUT2D eigenvalue weighted by Crippen LogP contribution is 2.44. The molecule has 2 atom stereocenters. The maximum Gasteiger partial charge on any atom is 0.222 e. The van der Waals surface area contributed by atoms with E-state index in [0.717, 1.165) is 71.5 Å². The van der Waals surface area contributed by atoms with Crippen LogP contribution >= 0.6 is 0 Å². The molecule has 0 aromatic carbocycles. The molecule has 2 saturated heterocycles. The second-order valence-corrected chi connectivity index (χ2v) is 9.60. The fourth-order valence-electron chi connectivity index (χ4n) is 5.39. The molecule has 6 heterocycles. The van der Waals surface area contributed by atoms with E-state index in [1.807, 2.05) is 29.9 Å². The van der Waals surface area contributed by atoms with Crippen LogP contribution < -0.4 is 10.1 Å². The van der Waals surface area contributed by atoms with Gasteiger partial charge in [-0.1, -0.05) is 0 Å². The molecule has 0 bridgehead atoms. The Balaban J connectivity index is 1.48. The number of fused-ring (bicyclic) bond motifs is 3. The van der Waals surface area contributed by atoms with E-state index in [0.29, 0.717) is 32.2 Å². The molecule has 9 nitrogen and oxygen atoms in total. The number of nitrogens with zero attached hydrogens (tertiary/aromatic N) is 3. The zero-order chi connectivity index (χ0) is 24.0. The number of amides is 1. The first kappa shape index (κ1) is 22.5. The Kier molecular flexibility index (Phi) is 5.70. The molecular formula is C26H30N4O5. The van der Waals surface area contributed by atoms with Crippen LogP contribution in [0.1, 0.15) is 37.4 Å². The number of hydrogen-bond acceptors (Lipinski definition) is 7. The van der Waals surface area contributed by atoms with Gasteiger partial charge in [-0.05, 0) is 18.9 Å². The quantitative estimate of drug-likeness (QED) is 0.601. The van der Waals surface area contributed by atoms with Crippen LogP contribution in [0, 0.1) is 0 Å². The van der Waals surface area contributed by atoms with Gasteiger partial charge in [-0.3, -0.25) is 4.79 Å². The molecule has 9 heteroatoms. The molecule has 2 fully saturated rings. The predicted octanol–water partition coefficient (Wildman–Crippen LogP) is 3.34. The van der Waals surface area contributed by atoms with Gasteiger partial charge in [-0.25, -0.2) is 9.97 Å². The lowest BCUT2D eigenvalue weighted by molar-refractivity contribution is -0.114. The normalized spacial score (nSPS) is 23.7. The molecule has 1 spiro atoms. The number of carbonyl (C=O) groups excluding carboxylic acids is 1. The molecule has 1 amide bonds. The predicted molar refractivity (Wildman–Crippen MR) is 129 cm³/mol. The van der Waals surface area contributed by atoms with Crippen LogP contribution in [0.25, 0.3) is 22.2 Å². The lowest BCUT2D eigenvalue weighted by Crippen LogP contribution is -2.37. The van der Waals surface area contributed by atoms with E-state index in [1.165, 1.54) is 6.92 Å². The number of rotatable bonds is 5. The fourth-order valence-corrected chi connectivity index (χ4v) is 5.39. The van der Waals surface area contributed by atoms with Crippen LogP contribution in [0.3, 0.4) is 0 Å². The molecule has 3 aromatic heterocycles. The summed E-state index contributed by atoms with van der Waals surface area (Å²) in [6, 6.07) is 3.93. The molecular weight excluding hydrogens is 448 g/mol. The van der Waals surface area contributed by atoms with E-state index in [1.54, 1.807) is 6.20 Å². The Hall–Kier alpha value is -3.01. The Morgan fingerprint density at radius 3 is 3.00 bits per heavy atom. The molecule has 184 valence electrons. The van der Waals surface area contributed by atoms with Crippen LogP contribution in [-0.2, 0) is 38.1 Å².